The van der Waals surface area contributed by atoms with Gasteiger partial charge in [0.15, 0.2) is 0 Å². The third-order valence-corrected chi connectivity index (χ3v) is 7.24. The summed E-state index contributed by atoms with van der Waals surface area (Å²) in [6.45, 7) is 1.03. The number of aromatic nitrogens is 2. The van der Waals surface area contributed by atoms with Crippen molar-refractivity contribution in [1.29, 1.82) is 0 Å². The Bertz CT molecular complexity index is 942. The van der Waals surface area contributed by atoms with Crippen LogP contribution in [0.1, 0.15) is 38.5 Å². The number of anilines is 2. The molecule has 2 saturated carbocycles. The first-order valence-corrected chi connectivity index (χ1v) is 11.5. The molecule has 9 heteroatoms. The molecule has 2 aliphatic carbocycles. The standard InChI is InChI=1S/C22H27ClN6O2/c23-21-11-22(25-13-24-21)27-18-4-2-1-3-17(18)26-19-9-14-10-20(19)28(12-14)15-5-7-16(8-6-15)29(30)31/h5-8,11,13-14,17-20,26H,1-4,9-10,12H2,(H,24,25,27)/t14-,17-,18-,19+,20-/m1/s1. The Morgan fingerprint density at radius 3 is 2.55 bits per heavy atom. The minimum Gasteiger partial charge on any atom is -0.367 e. The van der Waals surface area contributed by atoms with Gasteiger partial charge in [0.25, 0.3) is 5.69 Å². The summed E-state index contributed by atoms with van der Waals surface area (Å²) in [6, 6.07) is 10.3. The number of fused-ring (bicyclic) bond motifs is 2. The fourth-order valence-electron chi connectivity index (χ4n) is 5.65. The van der Waals surface area contributed by atoms with Gasteiger partial charge < -0.3 is 15.5 Å². The van der Waals surface area contributed by atoms with E-state index in [-0.39, 0.29) is 10.6 Å². The lowest BCUT2D eigenvalue weighted by atomic mass is 9.89. The molecule has 1 saturated heterocycles. The number of nitrogens with zero attached hydrogens (tertiary/aromatic N) is 4. The maximum atomic E-state index is 11.0. The van der Waals surface area contributed by atoms with Gasteiger partial charge in [-0.15, -0.1) is 0 Å². The van der Waals surface area contributed by atoms with Crippen molar-refractivity contribution >= 4 is 28.8 Å². The Morgan fingerprint density at radius 2 is 1.84 bits per heavy atom. The summed E-state index contributed by atoms with van der Waals surface area (Å²) in [5.74, 6) is 1.45. The summed E-state index contributed by atoms with van der Waals surface area (Å²) in [5.41, 5.74) is 1.22. The van der Waals surface area contributed by atoms with Gasteiger partial charge in [-0.3, -0.25) is 10.1 Å². The van der Waals surface area contributed by atoms with E-state index in [0.29, 0.717) is 35.2 Å². The number of nitrogens with one attached hydrogen (secondary N) is 2. The number of halogens is 1. The predicted molar refractivity (Wildman–Crippen MR) is 121 cm³/mol. The van der Waals surface area contributed by atoms with Crippen molar-refractivity contribution in [3.05, 3.63) is 51.9 Å². The average molecular weight is 443 g/mol. The van der Waals surface area contributed by atoms with Crippen LogP contribution in [-0.2, 0) is 0 Å². The first-order valence-electron chi connectivity index (χ1n) is 11.1. The third kappa shape index (κ3) is 4.32. The summed E-state index contributed by atoms with van der Waals surface area (Å²) in [5, 5.41) is 19.0. The topological polar surface area (TPSA) is 96.2 Å². The SMILES string of the molecule is O=[N+]([O-])c1ccc(N2C[C@@H]3C[C@H](N[C@@H]4CCCC[C@H]4Nc4cc(Cl)ncn4)[C@H]2C3)cc1. The molecule has 5 atom stereocenters. The number of hydrogen-bond donors (Lipinski definition) is 2. The molecule has 0 spiro atoms. The molecule has 2 bridgehead atoms. The van der Waals surface area contributed by atoms with Crippen molar-refractivity contribution in [2.75, 3.05) is 16.8 Å². The molecule has 2 aromatic rings. The van der Waals surface area contributed by atoms with Crippen LogP contribution in [0, 0.1) is 16.0 Å². The second kappa shape index (κ2) is 8.59. The molecule has 31 heavy (non-hydrogen) atoms. The van der Waals surface area contributed by atoms with Gasteiger partial charge in [-0.2, -0.15) is 0 Å². The molecule has 0 radical (unpaired) electrons. The number of nitro benzene ring substituents is 1. The van der Waals surface area contributed by atoms with Gasteiger partial charge in [0.05, 0.1) is 4.92 Å². The maximum Gasteiger partial charge on any atom is 0.269 e. The van der Waals surface area contributed by atoms with E-state index < -0.39 is 0 Å². The Labute approximate surface area is 186 Å². The van der Waals surface area contributed by atoms with Crippen molar-refractivity contribution in [3.8, 4) is 0 Å². The zero-order valence-corrected chi connectivity index (χ0v) is 18.0. The quantitative estimate of drug-likeness (QED) is 0.396. The highest BCUT2D eigenvalue weighted by Crippen LogP contribution is 2.41. The van der Waals surface area contributed by atoms with Gasteiger partial charge in [0, 0.05) is 54.6 Å². The highest BCUT2D eigenvalue weighted by Gasteiger charge is 2.46. The Morgan fingerprint density at radius 1 is 1.06 bits per heavy atom. The zero-order chi connectivity index (χ0) is 21.4. The van der Waals surface area contributed by atoms with E-state index in [1.165, 1.54) is 32.0 Å². The zero-order valence-electron chi connectivity index (χ0n) is 17.3. The van der Waals surface area contributed by atoms with Crippen molar-refractivity contribution in [2.45, 2.75) is 62.7 Å². The van der Waals surface area contributed by atoms with Crippen LogP contribution in [0.25, 0.3) is 0 Å². The molecule has 164 valence electrons. The summed E-state index contributed by atoms with van der Waals surface area (Å²) in [4.78, 5) is 21.4. The van der Waals surface area contributed by atoms with Crippen LogP contribution in [-0.4, -0.2) is 45.6 Å². The van der Waals surface area contributed by atoms with Crippen molar-refractivity contribution in [1.82, 2.24) is 15.3 Å². The van der Waals surface area contributed by atoms with Crippen LogP contribution < -0.4 is 15.5 Å². The van der Waals surface area contributed by atoms with Crippen molar-refractivity contribution in [3.63, 3.8) is 0 Å². The Kier molecular flexibility index (Phi) is 5.67. The van der Waals surface area contributed by atoms with E-state index in [1.807, 2.05) is 12.1 Å². The molecule has 3 fully saturated rings. The number of nitro groups is 1. The van der Waals surface area contributed by atoms with Gasteiger partial charge in [0.1, 0.15) is 17.3 Å². The average Bonchev–Trinajstić information content (AvgIpc) is 3.36. The summed E-state index contributed by atoms with van der Waals surface area (Å²) >= 11 is 6.03. The molecule has 8 nitrogen and oxygen atoms in total. The lowest BCUT2D eigenvalue weighted by Crippen LogP contribution is -2.56. The van der Waals surface area contributed by atoms with E-state index in [9.17, 15) is 10.1 Å². The molecule has 1 aromatic heterocycles. The molecule has 2 heterocycles. The molecule has 0 amide bonds. The lowest BCUT2D eigenvalue weighted by molar-refractivity contribution is -0.384. The van der Waals surface area contributed by atoms with Crippen LogP contribution in [0.5, 0.6) is 0 Å². The van der Waals surface area contributed by atoms with Gasteiger partial charge in [-0.05, 0) is 43.7 Å². The number of non-ortho nitro benzene ring substituents is 1. The lowest BCUT2D eigenvalue weighted by Gasteiger charge is -2.40. The first kappa shape index (κ1) is 20.5. The van der Waals surface area contributed by atoms with Crippen LogP contribution in [0.3, 0.4) is 0 Å². The van der Waals surface area contributed by atoms with Gasteiger partial charge in [-0.25, -0.2) is 9.97 Å². The van der Waals surface area contributed by atoms with Crippen molar-refractivity contribution < 1.29 is 4.92 Å². The van der Waals surface area contributed by atoms with Gasteiger partial charge in [-0.1, -0.05) is 24.4 Å². The highest BCUT2D eigenvalue weighted by molar-refractivity contribution is 6.29. The fraction of sp³-hybridized carbons (Fsp3) is 0.545. The van der Waals surface area contributed by atoms with Crippen LogP contribution in [0.4, 0.5) is 17.2 Å². The number of piperidine rings is 1. The molecular formula is C22H27ClN6O2. The van der Waals surface area contributed by atoms with Crippen molar-refractivity contribution in [2.24, 2.45) is 5.92 Å². The van der Waals surface area contributed by atoms with E-state index in [4.69, 9.17) is 11.6 Å². The largest absolute Gasteiger partial charge is 0.367 e. The molecule has 1 aliphatic heterocycles. The van der Waals surface area contributed by atoms with E-state index >= 15 is 0 Å². The first-order chi connectivity index (χ1) is 15.1. The Hall–Kier alpha value is -2.45. The predicted octanol–water partition coefficient (Wildman–Crippen LogP) is 4.02. The second-order valence-corrected chi connectivity index (χ2v) is 9.36. The summed E-state index contributed by atoms with van der Waals surface area (Å²) in [6.07, 6.45) is 8.55. The smallest absolute Gasteiger partial charge is 0.269 e. The van der Waals surface area contributed by atoms with Crippen LogP contribution in [0.15, 0.2) is 36.7 Å². The van der Waals surface area contributed by atoms with Crippen LogP contribution >= 0.6 is 11.6 Å². The summed E-state index contributed by atoms with van der Waals surface area (Å²) in [7, 11) is 0. The fourth-order valence-corrected chi connectivity index (χ4v) is 5.79. The number of hydrogen-bond acceptors (Lipinski definition) is 7. The minimum absolute atomic E-state index is 0.142. The van der Waals surface area contributed by atoms with E-state index in [2.05, 4.69) is 25.5 Å². The molecule has 1 aromatic carbocycles. The van der Waals surface area contributed by atoms with Crippen LogP contribution in [0.2, 0.25) is 5.15 Å². The number of benzene rings is 1. The summed E-state index contributed by atoms with van der Waals surface area (Å²) < 4.78 is 0. The molecule has 2 N–H and O–H groups in total. The van der Waals surface area contributed by atoms with Gasteiger partial charge >= 0.3 is 0 Å². The number of rotatable bonds is 6. The molecule has 5 rings (SSSR count). The monoisotopic (exact) mass is 442 g/mol. The second-order valence-electron chi connectivity index (χ2n) is 8.97. The maximum absolute atomic E-state index is 11.0. The van der Waals surface area contributed by atoms with E-state index in [1.54, 1.807) is 18.2 Å². The third-order valence-electron chi connectivity index (χ3n) is 7.04. The van der Waals surface area contributed by atoms with E-state index in [0.717, 1.165) is 30.9 Å². The highest BCUT2D eigenvalue weighted by atomic mass is 35.5. The molecule has 0 unspecified atom stereocenters. The normalized spacial score (nSPS) is 29.8. The minimum atomic E-state index is -0.342. The van der Waals surface area contributed by atoms with Gasteiger partial charge in [0.2, 0.25) is 0 Å². The Balaban J connectivity index is 1.27. The molecule has 3 aliphatic rings. The molecular weight excluding hydrogens is 416 g/mol.